The number of hydrogen-bond donors (Lipinski definition) is 0. The van der Waals surface area contributed by atoms with Gasteiger partial charge in [0.2, 0.25) is 11.6 Å². The first kappa shape index (κ1) is 21.3. The molecule has 0 aromatic carbocycles. The van der Waals surface area contributed by atoms with Gasteiger partial charge in [-0.1, -0.05) is 0 Å². The monoisotopic (exact) mass is 346 g/mol. The second-order valence-corrected chi connectivity index (χ2v) is 4.98. The lowest BCUT2D eigenvalue weighted by Crippen LogP contribution is -2.25. The van der Waals surface area contributed by atoms with Crippen molar-refractivity contribution in [2.75, 3.05) is 6.54 Å². The van der Waals surface area contributed by atoms with Crippen molar-refractivity contribution in [1.82, 2.24) is 0 Å². The molecule has 0 saturated heterocycles. The Balaban J connectivity index is 4.56. The van der Waals surface area contributed by atoms with E-state index in [9.17, 15) is 35.9 Å². The van der Waals surface area contributed by atoms with E-state index in [-0.39, 0.29) is 18.0 Å². The van der Waals surface area contributed by atoms with Gasteiger partial charge in [-0.15, -0.1) is 0 Å². The summed E-state index contributed by atoms with van der Waals surface area (Å²) in [5, 5.41) is 0. The first-order valence-corrected chi connectivity index (χ1v) is 6.46. The van der Waals surface area contributed by atoms with Crippen LogP contribution in [-0.2, 0) is 9.59 Å². The minimum absolute atomic E-state index is 0.0564. The lowest BCUT2D eigenvalue weighted by molar-refractivity contribution is -0.169. The number of aliphatic imine (C=N–C) groups is 2. The van der Waals surface area contributed by atoms with Gasteiger partial charge in [0.05, 0.1) is 25.4 Å². The Morgan fingerprint density at radius 3 is 1.65 bits per heavy atom. The average molecular weight is 346 g/mol. The first-order chi connectivity index (χ1) is 10.2. The SMILES string of the molecule is CC(CC(=O)C(F)(F)F)=NCC(C)N=C(C)CC(=O)C(F)(F)F. The maximum Gasteiger partial charge on any atom is 0.450 e. The smallest absolute Gasteiger partial charge is 0.292 e. The van der Waals surface area contributed by atoms with E-state index in [1.807, 2.05) is 0 Å². The Morgan fingerprint density at radius 1 is 0.870 bits per heavy atom. The van der Waals surface area contributed by atoms with Crippen LogP contribution in [0.1, 0.15) is 33.6 Å². The lowest BCUT2D eigenvalue weighted by atomic mass is 10.2. The summed E-state index contributed by atoms with van der Waals surface area (Å²) in [6.07, 6.45) is -11.6. The largest absolute Gasteiger partial charge is 0.450 e. The highest BCUT2D eigenvalue weighted by molar-refractivity contribution is 6.03. The number of Topliss-reactive ketones (excluding diaryl/α,β-unsaturated/α-hetero) is 2. The quantitative estimate of drug-likeness (QED) is 0.524. The molecule has 0 saturated carbocycles. The second kappa shape index (κ2) is 8.21. The Morgan fingerprint density at radius 2 is 1.26 bits per heavy atom. The number of ketones is 2. The molecule has 0 N–H and O–H groups in total. The van der Waals surface area contributed by atoms with Gasteiger partial charge in [0.25, 0.3) is 0 Å². The molecule has 0 radical (unpaired) electrons. The average Bonchev–Trinajstić information content (AvgIpc) is 2.33. The summed E-state index contributed by atoms with van der Waals surface area (Å²) in [5.41, 5.74) is -0.113. The van der Waals surface area contributed by atoms with Crippen molar-refractivity contribution in [3.05, 3.63) is 0 Å². The van der Waals surface area contributed by atoms with Crippen molar-refractivity contribution < 1.29 is 35.9 Å². The lowest BCUT2D eigenvalue weighted by Gasteiger charge is -2.09. The molecule has 0 heterocycles. The summed E-state index contributed by atoms with van der Waals surface area (Å²) in [6, 6.07) is -0.632. The summed E-state index contributed by atoms with van der Waals surface area (Å²) in [5.74, 6) is -3.86. The fraction of sp³-hybridized carbons (Fsp3) is 0.692. The van der Waals surface area contributed by atoms with Crippen LogP contribution in [0.5, 0.6) is 0 Å². The molecule has 0 aliphatic carbocycles. The number of halogens is 6. The van der Waals surface area contributed by atoms with Crippen molar-refractivity contribution in [3.8, 4) is 0 Å². The fourth-order valence-corrected chi connectivity index (χ4v) is 1.47. The zero-order chi connectivity index (χ0) is 18.4. The van der Waals surface area contributed by atoms with Gasteiger partial charge in [-0.05, 0) is 20.8 Å². The molecule has 0 fully saturated rings. The van der Waals surface area contributed by atoms with Crippen LogP contribution < -0.4 is 0 Å². The third-order valence-corrected chi connectivity index (χ3v) is 2.53. The van der Waals surface area contributed by atoms with Gasteiger partial charge in [-0.2, -0.15) is 26.3 Å². The molecule has 1 atom stereocenters. The van der Waals surface area contributed by atoms with E-state index >= 15 is 0 Å². The van der Waals surface area contributed by atoms with Crippen molar-refractivity contribution in [1.29, 1.82) is 0 Å². The zero-order valence-electron chi connectivity index (χ0n) is 12.7. The summed E-state index contributed by atoms with van der Waals surface area (Å²) in [6.45, 7) is 3.85. The van der Waals surface area contributed by atoms with E-state index in [0.717, 1.165) is 0 Å². The Kier molecular flexibility index (Phi) is 7.59. The Bertz CT molecular complexity index is 506. The summed E-state index contributed by atoms with van der Waals surface area (Å²) >= 11 is 0. The number of carbonyl (C=O) groups is 2. The normalized spacial score (nSPS) is 15.5. The number of rotatable bonds is 7. The molecule has 0 aliphatic rings. The van der Waals surface area contributed by atoms with Crippen LogP contribution >= 0.6 is 0 Å². The third-order valence-electron chi connectivity index (χ3n) is 2.53. The molecule has 0 amide bonds. The summed E-state index contributed by atoms with van der Waals surface area (Å²) in [4.78, 5) is 29.0. The molecule has 132 valence electrons. The van der Waals surface area contributed by atoms with E-state index in [2.05, 4.69) is 9.98 Å². The van der Waals surface area contributed by atoms with Crippen LogP contribution in [0, 0.1) is 0 Å². The van der Waals surface area contributed by atoms with E-state index in [1.54, 1.807) is 0 Å². The molecule has 4 nitrogen and oxygen atoms in total. The van der Waals surface area contributed by atoms with E-state index < -0.39 is 42.8 Å². The maximum absolute atomic E-state index is 12.1. The second-order valence-electron chi connectivity index (χ2n) is 4.98. The van der Waals surface area contributed by atoms with Crippen molar-refractivity contribution in [3.63, 3.8) is 0 Å². The Labute approximate surface area is 128 Å². The molecule has 1 unspecified atom stereocenters. The van der Waals surface area contributed by atoms with Crippen molar-refractivity contribution >= 4 is 23.0 Å². The highest BCUT2D eigenvalue weighted by Crippen LogP contribution is 2.19. The summed E-state index contributed by atoms with van der Waals surface area (Å²) < 4.78 is 72.3. The van der Waals surface area contributed by atoms with Crippen LogP contribution in [0.4, 0.5) is 26.3 Å². The topological polar surface area (TPSA) is 58.9 Å². The van der Waals surface area contributed by atoms with Gasteiger partial charge in [0.1, 0.15) is 0 Å². The third kappa shape index (κ3) is 9.09. The Hall–Kier alpha value is -1.74. The molecule has 0 aromatic rings. The van der Waals surface area contributed by atoms with Gasteiger partial charge in [-0.3, -0.25) is 19.6 Å². The number of hydrogen-bond acceptors (Lipinski definition) is 4. The van der Waals surface area contributed by atoms with Crippen molar-refractivity contribution in [2.45, 2.75) is 52.0 Å². The van der Waals surface area contributed by atoms with Gasteiger partial charge in [0, 0.05) is 11.4 Å². The molecule has 0 rings (SSSR count). The maximum atomic E-state index is 12.1. The van der Waals surface area contributed by atoms with E-state index in [4.69, 9.17) is 0 Å². The van der Waals surface area contributed by atoms with Crippen LogP contribution in [0.15, 0.2) is 9.98 Å². The molecule has 0 spiro atoms. The van der Waals surface area contributed by atoms with Crippen molar-refractivity contribution in [2.24, 2.45) is 9.98 Å². The van der Waals surface area contributed by atoms with E-state index in [1.165, 1.54) is 20.8 Å². The predicted octanol–water partition coefficient (Wildman–Crippen LogP) is 3.34. The molecule has 23 heavy (non-hydrogen) atoms. The minimum atomic E-state index is -4.94. The standard InChI is InChI=1S/C13H16F6N2O2/c1-7(4-10(22)12(14,15)16)20-6-9(3)21-8(2)5-11(23)13(17,18)19/h9H,4-6H2,1-3H3. The highest BCUT2D eigenvalue weighted by atomic mass is 19.4. The predicted molar refractivity (Wildman–Crippen MR) is 71.9 cm³/mol. The summed E-state index contributed by atoms with van der Waals surface area (Å²) in [7, 11) is 0. The van der Waals surface area contributed by atoms with Crippen LogP contribution in [-0.4, -0.2) is 47.9 Å². The van der Waals surface area contributed by atoms with Gasteiger partial charge in [0.15, 0.2) is 0 Å². The van der Waals surface area contributed by atoms with Gasteiger partial charge < -0.3 is 0 Å². The van der Waals surface area contributed by atoms with Crippen LogP contribution in [0.2, 0.25) is 0 Å². The number of nitrogens with zero attached hydrogens (tertiary/aromatic N) is 2. The molecular formula is C13H16F6N2O2. The fourth-order valence-electron chi connectivity index (χ4n) is 1.47. The molecular weight excluding hydrogens is 330 g/mol. The minimum Gasteiger partial charge on any atom is -0.292 e. The first-order valence-electron chi connectivity index (χ1n) is 6.46. The van der Waals surface area contributed by atoms with Crippen LogP contribution in [0.3, 0.4) is 0 Å². The molecule has 0 aromatic heterocycles. The number of alkyl halides is 6. The highest BCUT2D eigenvalue weighted by Gasteiger charge is 2.38. The van der Waals surface area contributed by atoms with Crippen LogP contribution in [0.25, 0.3) is 0 Å². The van der Waals surface area contributed by atoms with Gasteiger partial charge in [-0.25, -0.2) is 0 Å². The zero-order valence-corrected chi connectivity index (χ0v) is 12.7. The molecule has 10 heteroatoms. The molecule has 0 bridgehead atoms. The van der Waals surface area contributed by atoms with Gasteiger partial charge >= 0.3 is 12.4 Å². The van der Waals surface area contributed by atoms with E-state index in [0.29, 0.717) is 0 Å². The number of carbonyl (C=O) groups excluding carboxylic acids is 2. The molecule has 0 aliphatic heterocycles.